The predicted octanol–water partition coefficient (Wildman–Crippen LogP) is 5.16. The molecule has 0 aliphatic carbocycles. The van der Waals surface area contributed by atoms with Gasteiger partial charge in [-0.3, -0.25) is 5.32 Å². The molecule has 0 aliphatic heterocycles. The maximum Gasteiger partial charge on any atom is 0.417 e. The summed E-state index contributed by atoms with van der Waals surface area (Å²) >= 11 is 7.12. The lowest BCUT2D eigenvalue weighted by atomic mass is 10.0. The summed E-state index contributed by atoms with van der Waals surface area (Å²) in [6.45, 7) is -0.142. The number of carbonyl (C=O) groups is 1. The third kappa shape index (κ3) is 4.48. The lowest BCUT2D eigenvalue weighted by Gasteiger charge is -2.11. The second-order valence-corrected chi connectivity index (χ2v) is 6.90. The molecule has 2 N–H and O–H groups in total. The average Bonchev–Trinajstić information content (AvgIpc) is 3.00. The first kappa shape index (κ1) is 18.9. The van der Waals surface area contributed by atoms with Crippen molar-refractivity contribution in [3.8, 4) is 6.07 Å². The Bertz CT molecular complexity index is 1060. The number of nitrogens with zero attached hydrogens (tertiary/aromatic N) is 2. The standard InChI is InChI=1S/C17H10ClF3N4OS/c18-11-3-4-13-14(6-11)27-16(24-13)25-15(26)23-8-9-1-2-10(7-22)12(5-9)17(19,20)21/h1-6H,8H2,(H2,23,24,25,26). The molecule has 0 radical (unpaired) electrons. The van der Waals surface area contributed by atoms with E-state index in [0.717, 1.165) is 16.8 Å². The number of anilines is 1. The number of alkyl halides is 3. The zero-order valence-corrected chi connectivity index (χ0v) is 15.0. The minimum Gasteiger partial charge on any atom is -0.334 e. The molecule has 10 heteroatoms. The number of fused-ring (bicyclic) bond motifs is 1. The van der Waals surface area contributed by atoms with Crippen LogP contribution in [0.15, 0.2) is 36.4 Å². The van der Waals surface area contributed by atoms with E-state index in [1.165, 1.54) is 23.5 Å². The summed E-state index contributed by atoms with van der Waals surface area (Å²) in [4.78, 5) is 16.2. The Morgan fingerprint density at radius 2 is 2.04 bits per heavy atom. The van der Waals surface area contributed by atoms with Crippen molar-refractivity contribution in [2.75, 3.05) is 5.32 Å². The number of hydrogen-bond donors (Lipinski definition) is 2. The van der Waals surface area contributed by atoms with Crippen LogP contribution in [0.4, 0.5) is 23.1 Å². The molecule has 2 amide bonds. The number of nitrogens with one attached hydrogen (secondary N) is 2. The topological polar surface area (TPSA) is 77.8 Å². The molecule has 5 nitrogen and oxygen atoms in total. The van der Waals surface area contributed by atoms with Gasteiger partial charge in [0.05, 0.1) is 27.4 Å². The van der Waals surface area contributed by atoms with Gasteiger partial charge in [0, 0.05) is 11.6 Å². The van der Waals surface area contributed by atoms with E-state index >= 15 is 0 Å². The third-order valence-corrected chi connectivity index (χ3v) is 4.70. The summed E-state index contributed by atoms with van der Waals surface area (Å²) in [5, 5.41) is 14.7. The Kier molecular flexibility index (Phi) is 5.21. The smallest absolute Gasteiger partial charge is 0.334 e. The Balaban J connectivity index is 1.67. The fourth-order valence-electron chi connectivity index (χ4n) is 2.31. The number of amides is 2. The van der Waals surface area contributed by atoms with Crippen LogP contribution in [0.5, 0.6) is 0 Å². The van der Waals surface area contributed by atoms with Crippen LogP contribution in [-0.2, 0) is 12.7 Å². The molecule has 0 spiro atoms. The Hall–Kier alpha value is -2.83. The zero-order valence-electron chi connectivity index (χ0n) is 13.4. The van der Waals surface area contributed by atoms with Crippen molar-refractivity contribution in [3.05, 3.63) is 58.1 Å². The first-order valence-electron chi connectivity index (χ1n) is 7.47. The molecule has 0 bridgehead atoms. The van der Waals surface area contributed by atoms with Gasteiger partial charge in [-0.25, -0.2) is 9.78 Å². The summed E-state index contributed by atoms with van der Waals surface area (Å²) in [6.07, 6.45) is -4.65. The minimum atomic E-state index is -4.65. The van der Waals surface area contributed by atoms with E-state index in [1.807, 2.05) is 0 Å². The first-order valence-corrected chi connectivity index (χ1v) is 8.67. The van der Waals surface area contributed by atoms with Crippen molar-refractivity contribution in [2.45, 2.75) is 12.7 Å². The van der Waals surface area contributed by atoms with E-state index in [4.69, 9.17) is 16.9 Å². The number of hydrogen-bond acceptors (Lipinski definition) is 4. The van der Waals surface area contributed by atoms with E-state index < -0.39 is 23.3 Å². The number of urea groups is 1. The third-order valence-electron chi connectivity index (χ3n) is 3.53. The van der Waals surface area contributed by atoms with Crippen LogP contribution in [0.3, 0.4) is 0 Å². The van der Waals surface area contributed by atoms with Crippen molar-refractivity contribution in [2.24, 2.45) is 0 Å². The van der Waals surface area contributed by atoms with Gasteiger partial charge >= 0.3 is 12.2 Å². The monoisotopic (exact) mass is 410 g/mol. The van der Waals surface area contributed by atoms with Crippen molar-refractivity contribution >= 4 is 44.3 Å². The Morgan fingerprint density at radius 1 is 1.26 bits per heavy atom. The van der Waals surface area contributed by atoms with Gasteiger partial charge in [0.15, 0.2) is 5.13 Å². The maximum absolute atomic E-state index is 13.0. The van der Waals surface area contributed by atoms with Crippen molar-refractivity contribution in [3.63, 3.8) is 0 Å². The van der Waals surface area contributed by atoms with Gasteiger partial charge in [-0.1, -0.05) is 29.0 Å². The lowest BCUT2D eigenvalue weighted by molar-refractivity contribution is -0.137. The quantitative estimate of drug-likeness (QED) is 0.625. The highest BCUT2D eigenvalue weighted by Gasteiger charge is 2.33. The lowest BCUT2D eigenvalue weighted by Crippen LogP contribution is -2.28. The van der Waals surface area contributed by atoms with Gasteiger partial charge in [-0.05, 0) is 35.9 Å². The molecule has 0 saturated carbocycles. The van der Waals surface area contributed by atoms with Crippen LogP contribution < -0.4 is 10.6 Å². The van der Waals surface area contributed by atoms with E-state index in [0.29, 0.717) is 15.7 Å². The van der Waals surface area contributed by atoms with Crippen LogP contribution in [-0.4, -0.2) is 11.0 Å². The van der Waals surface area contributed by atoms with Crippen LogP contribution in [0.2, 0.25) is 5.02 Å². The predicted molar refractivity (Wildman–Crippen MR) is 96.6 cm³/mol. The van der Waals surface area contributed by atoms with Gasteiger partial charge in [0.25, 0.3) is 0 Å². The SMILES string of the molecule is N#Cc1ccc(CNC(=O)Nc2nc3ccc(Cl)cc3s2)cc1C(F)(F)F. The molecule has 0 saturated heterocycles. The van der Waals surface area contributed by atoms with E-state index in [1.54, 1.807) is 18.2 Å². The highest BCUT2D eigenvalue weighted by atomic mass is 35.5. The number of benzene rings is 2. The highest BCUT2D eigenvalue weighted by molar-refractivity contribution is 7.22. The number of nitriles is 1. The molecule has 0 unspecified atom stereocenters. The van der Waals surface area contributed by atoms with Crippen LogP contribution >= 0.6 is 22.9 Å². The normalized spacial score (nSPS) is 11.2. The number of halogens is 4. The molecule has 27 heavy (non-hydrogen) atoms. The second-order valence-electron chi connectivity index (χ2n) is 5.43. The van der Waals surface area contributed by atoms with Crippen molar-refractivity contribution in [1.82, 2.24) is 10.3 Å². The van der Waals surface area contributed by atoms with Gasteiger partial charge in [0.1, 0.15) is 0 Å². The summed E-state index contributed by atoms with van der Waals surface area (Å²) < 4.78 is 39.7. The van der Waals surface area contributed by atoms with Gasteiger partial charge in [-0.2, -0.15) is 18.4 Å². The first-order chi connectivity index (χ1) is 12.8. The van der Waals surface area contributed by atoms with E-state index in [-0.39, 0.29) is 12.1 Å². The molecule has 3 aromatic rings. The van der Waals surface area contributed by atoms with Crippen LogP contribution in [0.1, 0.15) is 16.7 Å². The molecule has 0 atom stereocenters. The average molecular weight is 411 g/mol. The molecule has 0 fully saturated rings. The van der Waals surface area contributed by atoms with Gasteiger partial charge < -0.3 is 5.32 Å². The van der Waals surface area contributed by atoms with Crippen LogP contribution in [0.25, 0.3) is 10.2 Å². The van der Waals surface area contributed by atoms with E-state index in [2.05, 4.69) is 15.6 Å². The second kappa shape index (κ2) is 7.42. The van der Waals surface area contributed by atoms with E-state index in [9.17, 15) is 18.0 Å². The fraction of sp³-hybridized carbons (Fsp3) is 0.118. The van der Waals surface area contributed by atoms with Crippen molar-refractivity contribution in [1.29, 1.82) is 5.26 Å². The molecule has 0 aliphatic rings. The summed E-state index contributed by atoms with van der Waals surface area (Å²) in [7, 11) is 0. The molecular weight excluding hydrogens is 401 g/mol. The molecular formula is C17H10ClF3N4OS. The number of carbonyl (C=O) groups excluding carboxylic acids is 1. The molecule has 3 rings (SSSR count). The van der Waals surface area contributed by atoms with Crippen LogP contribution in [0, 0.1) is 11.3 Å². The maximum atomic E-state index is 13.0. The number of thiazole rings is 1. The minimum absolute atomic E-state index is 0.142. The molecule has 1 heterocycles. The number of aromatic nitrogens is 1. The molecule has 138 valence electrons. The number of rotatable bonds is 3. The Labute approximate surface area is 160 Å². The highest BCUT2D eigenvalue weighted by Crippen LogP contribution is 2.32. The fourth-order valence-corrected chi connectivity index (χ4v) is 3.45. The van der Waals surface area contributed by atoms with Gasteiger partial charge in [-0.15, -0.1) is 0 Å². The summed E-state index contributed by atoms with van der Waals surface area (Å²) in [5.41, 5.74) is -0.620. The largest absolute Gasteiger partial charge is 0.417 e. The molecule has 1 aromatic heterocycles. The Morgan fingerprint density at radius 3 is 2.74 bits per heavy atom. The summed E-state index contributed by atoms with van der Waals surface area (Å²) in [5.74, 6) is 0. The van der Waals surface area contributed by atoms with Gasteiger partial charge in [0.2, 0.25) is 0 Å². The molecule has 2 aromatic carbocycles. The summed E-state index contributed by atoms with van der Waals surface area (Å²) in [6, 6.07) is 9.28. The zero-order chi connectivity index (χ0) is 19.6. The van der Waals surface area contributed by atoms with Crippen molar-refractivity contribution < 1.29 is 18.0 Å².